The van der Waals surface area contributed by atoms with Gasteiger partial charge in [0.15, 0.2) is 0 Å². The molecule has 0 saturated heterocycles. The number of anilines is 2. The third-order valence-corrected chi connectivity index (χ3v) is 3.82. The van der Waals surface area contributed by atoms with Crippen molar-refractivity contribution >= 4 is 45.7 Å². The Labute approximate surface area is 113 Å². The Morgan fingerprint density at radius 3 is 2.06 bits per heavy atom. The highest BCUT2D eigenvalue weighted by Crippen LogP contribution is 2.30. The first-order valence-electron chi connectivity index (χ1n) is 4.73. The molecule has 82 valence electrons. The summed E-state index contributed by atoms with van der Waals surface area (Å²) in [6, 6.07) is 14.1. The minimum Gasteiger partial charge on any atom is -0.397 e. The quantitative estimate of drug-likeness (QED) is 0.648. The van der Waals surface area contributed by atoms with E-state index in [0.717, 1.165) is 4.90 Å². The van der Waals surface area contributed by atoms with Gasteiger partial charge in [-0.2, -0.15) is 0 Å². The maximum Gasteiger partial charge on any atom is 0.0559 e. The lowest BCUT2D eigenvalue weighted by Crippen LogP contribution is -1.93. The van der Waals surface area contributed by atoms with Gasteiger partial charge in [0, 0.05) is 13.4 Å². The average molecular weight is 342 g/mol. The highest BCUT2D eigenvalue weighted by molar-refractivity contribution is 14.1. The SMILES string of the molecule is Nc1ccc(Sc2ccc(I)cc2)cc1N. The van der Waals surface area contributed by atoms with Crippen LogP contribution in [0.3, 0.4) is 0 Å². The van der Waals surface area contributed by atoms with Crippen LogP contribution < -0.4 is 11.5 Å². The first-order chi connectivity index (χ1) is 7.65. The van der Waals surface area contributed by atoms with E-state index in [1.807, 2.05) is 18.2 Å². The fourth-order valence-corrected chi connectivity index (χ4v) is 2.48. The molecule has 2 rings (SSSR count). The van der Waals surface area contributed by atoms with Gasteiger partial charge >= 0.3 is 0 Å². The Morgan fingerprint density at radius 1 is 0.812 bits per heavy atom. The molecule has 0 amide bonds. The third kappa shape index (κ3) is 2.82. The predicted molar refractivity (Wildman–Crippen MR) is 78.5 cm³/mol. The van der Waals surface area contributed by atoms with E-state index in [1.54, 1.807) is 11.8 Å². The summed E-state index contributed by atoms with van der Waals surface area (Å²) in [5.74, 6) is 0. The first-order valence-corrected chi connectivity index (χ1v) is 6.63. The first kappa shape index (κ1) is 11.6. The second-order valence-corrected chi connectivity index (χ2v) is 5.74. The summed E-state index contributed by atoms with van der Waals surface area (Å²) in [5.41, 5.74) is 12.7. The van der Waals surface area contributed by atoms with Crippen molar-refractivity contribution in [2.75, 3.05) is 11.5 Å². The van der Waals surface area contributed by atoms with Crippen LogP contribution in [0.25, 0.3) is 0 Å². The van der Waals surface area contributed by atoms with Crippen LogP contribution in [0.15, 0.2) is 52.3 Å². The summed E-state index contributed by atoms with van der Waals surface area (Å²) in [5, 5.41) is 0. The molecule has 0 radical (unpaired) electrons. The Balaban J connectivity index is 2.20. The molecule has 16 heavy (non-hydrogen) atoms. The van der Waals surface area contributed by atoms with Crippen molar-refractivity contribution in [1.82, 2.24) is 0 Å². The maximum atomic E-state index is 5.76. The van der Waals surface area contributed by atoms with Gasteiger partial charge in [-0.25, -0.2) is 0 Å². The van der Waals surface area contributed by atoms with E-state index >= 15 is 0 Å². The maximum absolute atomic E-state index is 5.76. The number of rotatable bonds is 2. The predicted octanol–water partition coefficient (Wildman–Crippen LogP) is 3.61. The molecule has 0 aromatic heterocycles. The summed E-state index contributed by atoms with van der Waals surface area (Å²) in [4.78, 5) is 2.30. The van der Waals surface area contributed by atoms with E-state index in [-0.39, 0.29) is 0 Å². The summed E-state index contributed by atoms with van der Waals surface area (Å²) >= 11 is 3.97. The molecule has 0 spiro atoms. The zero-order chi connectivity index (χ0) is 11.5. The standard InChI is InChI=1S/C12H11IN2S/c13-8-1-3-9(4-2-8)16-10-5-6-11(14)12(15)7-10/h1-7H,14-15H2. The smallest absolute Gasteiger partial charge is 0.0559 e. The van der Waals surface area contributed by atoms with Gasteiger partial charge in [0.1, 0.15) is 0 Å². The number of hydrogen-bond acceptors (Lipinski definition) is 3. The van der Waals surface area contributed by atoms with E-state index < -0.39 is 0 Å². The van der Waals surface area contributed by atoms with E-state index in [9.17, 15) is 0 Å². The molecule has 0 aliphatic rings. The molecule has 0 aliphatic carbocycles. The average Bonchev–Trinajstić information content (AvgIpc) is 2.27. The molecule has 2 aromatic rings. The lowest BCUT2D eigenvalue weighted by Gasteiger charge is -2.04. The van der Waals surface area contributed by atoms with E-state index in [0.29, 0.717) is 11.4 Å². The molecule has 4 N–H and O–H groups in total. The highest BCUT2D eigenvalue weighted by atomic mass is 127. The number of hydrogen-bond donors (Lipinski definition) is 2. The van der Waals surface area contributed by atoms with Gasteiger partial charge in [-0.3, -0.25) is 0 Å². The minimum atomic E-state index is 0.631. The van der Waals surface area contributed by atoms with Gasteiger partial charge in [0.05, 0.1) is 11.4 Å². The molecular formula is C12H11IN2S. The Morgan fingerprint density at radius 2 is 1.44 bits per heavy atom. The molecule has 4 heteroatoms. The summed E-state index contributed by atoms with van der Waals surface area (Å²) in [6.45, 7) is 0. The topological polar surface area (TPSA) is 52.0 Å². The van der Waals surface area contributed by atoms with Crippen molar-refractivity contribution < 1.29 is 0 Å². The lowest BCUT2D eigenvalue weighted by molar-refractivity contribution is 1.40. The van der Waals surface area contributed by atoms with Crippen molar-refractivity contribution in [1.29, 1.82) is 0 Å². The van der Waals surface area contributed by atoms with E-state index in [4.69, 9.17) is 11.5 Å². The highest BCUT2D eigenvalue weighted by Gasteiger charge is 2.00. The van der Waals surface area contributed by atoms with Gasteiger partial charge in [0.25, 0.3) is 0 Å². The number of nitrogen functional groups attached to an aromatic ring is 2. The lowest BCUT2D eigenvalue weighted by atomic mass is 10.3. The van der Waals surface area contributed by atoms with Crippen LogP contribution in [0, 0.1) is 3.57 Å². The van der Waals surface area contributed by atoms with Crippen molar-refractivity contribution in [3.05, 3.63) is 46.0 Å². The molecule has 0 heterocycles. The van der Waals surface area contributed by atoms with Gasteiger partial charge in [-0.1, -0.05) is 11.8 Å². The van der Waals surface area contributed by atoms with Crippen LogP contribution in [0.1, 0.15) is 0 Å². The summed E-state index contributed by atoms with van der Waals surface area (Å²) in [7, 11) is 0. The molecule has 2 nitrogen and oxygen atoms in total. The van der Waals surface area contributed by atoms with Crippen LogP contribution in [0.4, 0.5) is 11.4 Å². The van der Waals surface area contributed by atoms with Crippen LogP contribution in [-0.2, 0) is 0 Å². The molecule has 0 saturated carbocycles. The van der Waals surface area contributed by atoms with Crippen molar-refractivity contribution in [2.24, 2.45) is 0 Å². The monoisotopic (exact) mass is 342 g/mol. The van der Waals surface area contributed by atoms with E-state index in [2.05, 4.69) is 46.9 Å². The molecule has 0 aliphatic heterocycles. The number of halogens is 1. The molecule has 2 aromatic carbocycles. The zero-order valence-electron chi connectivity index (χ0n) is 8.48. The largest absolute Gasteiger partial charge is 0.397 e. The number of benzene rings is 2. The van der Waals surface area contributed by atoms with Gasteiger partial charge in [0.2, 0.25) is 0 Å². The Kier molecular flexibility index (Phi) is 3.60. The van der Waals surface area contributed by atoms with Crippen LogP contribution in [0.5, 0.6) is 0 Å². The molecule has 0 fully saturated rings. The summed E-state index contributed by atoms with van der Waals surface area (Å²) in [6.07, 6.45) is 0. The second-order valence-electron chi connectivity index (χ2n) is 3.35. The molecule has 0 unspecified atom stereocenters. The fraction of sp³-hybridized carbons (Fsp3) is 0. The van der Waals surface area contributed by atoms with Crippen molar-refractivity contribution in [2.45, 2.75) is 9.79 Å². The number of nitrogens with two attached hydrogens (primary N) is 2. The third-order valence-electron chi connectivity index (χ3n) is 2.11. The van der Waals surface area contributed by atoms with Crippen molar-refractivity contribution in [3.63, 3.8) is 0 Å². The van der Waals surface area contributed by atoms with E-state index in [1.165, 1.54) is 8.47 Å². The van der Waals surface area contributed by atoms with Crippen molar-refractivity contribution in [3.8, 4) is 0 Å². The van der Waals surface area contributed by atoms with Gasteiger partial charge in [-0.15, -0.1) is 0 Å². The molecule has 0 atom stereocenters. The van der Waals surface area contributed by atoms with Gasteiger partial charge < -0.3 is 11.5 Å². The van der Waals surface area contributed by atoms with Crippen LogP contribution in [0.2, 0.25) is 0 Å². The normalized spacial score (nSPS) is 10.3. The second kappa shape index (κ2) is 4.97. The van der Waals surface area contributed by atoms with Crippen LogP contribution >= 0.6 is 34.4 Å². The Hall–Kier alpha value is -0.880. The van der Waals surface area contributed by atoms with Gasteiger partial charge in [-0.05, 0) is 65.1 Å². The molecule has 0 bridgehead atoms. The Bertz CT molecular complexity index is 497. The fourth-order valence-electron chi connectivity index (χ4n) is 1.26. The minimum absolute atomic E-state index is 0.631. The summed E-state index contributed by atoms with van der Waals surface area (Å²) < 4.78 is 1.23. The molecular weight excluding hydrogens is 331 g/mol. The zero-order valence-corrected chi connectivity index (χ0v) is 11.5. The van der Waals surface area contributed by atoms with Crippen LogP contribution in [-0.4, -0.2) is 0 Å².